The van der Waals surface area contributed by atoms with Crippen molar-refractivity contribution in [1.82, 2.24) is 25.6 Å². The first-order valence-electron chi connectivity index (χ1n) is 12.0. The van der Waals surface area contributed by atoms with Crippen LogP contribution in [0.15, 0.2) is 78.3 Å². The molecule has 3 heterocycles. The molecule has 7 heteroatoms. The molecule has 1 aliphatic rings. The molecule has 35 heavy (non-hydrogen) atoms. The van der Waals surface area contributed by atoms with E-state index in [2.05, 4.69) is 38.7 Å². The van der Waals surface area contributed by atoms with Crippen molar-refractivity contribution in [2.45, 2.75) is 38.8 Å². The number of aromatic amines is 1. The average molecular weight is 474 g/mol. The van der Waals surface area contributed by atoms with Crippen LogP contribution in [0.3, 0.4) is 0 Å². The zero-order valence-electron chi connectivity index (χ0n) is 20.5. The highest BCUT2D eigenvalue weighted by Gasteiger charge is 2.09. The molecule has 1 aliphatic heterocycles. The summed E-state index contributed by atoms with van der Waals surface area (Å²) in [6.45, 7) is 10.7. The molecule has 0 atom stereocenters. The fraction of sp³-hybridized carbons (Fsp3) is 0.321. The van der Waals surface area contributed by atoms with E-state index in [1.165, 1.54) is 32.4 Å². The number of piperidine rings is 1. The summed E-state index contributed by atoms with van der Waals surface area (Å²) in [5.74, 6) is 1.16. The number of fused-ring (bicyclic) bond motifs is 1. The second-order valence-corrected chi connectivity index (χ2v) is 8.30. The van der Waals surface area contributed by atoms with Crippen molar-refractivity contribution >= 4 is 10.9 Å². The van der Waals surface area contributed by atoms with Gasteiger partial charge in [-0.1, -0.05) is 49.9 Å². The lowest BCUT2D eigenvalue weighted by Gasteiger charge is -2.09. The number of benzene rings is 1. The van der Waals surface area contributed by atoms with Crippen LogP contribution < -0.4 is 20.9 Å². The first kappa shape index (κ1) is 26.1. The smallest absolute Gasteiger partial charge is 0.258 e. The van der Waals surface area contributed by atoms with Crippen molar-refractivity contribution in [3.63, 3.8) is 0 Å². The summed E-state index contributed by atoms with van der Waals surface area (Å²) >= 11 is 0. The van der Waals surface area contributed by atoms with Crippen molar-refractivity contribution < 1.29 is 4.74 Å². The van der Waals surface area contributed by atoms with Crippen molar-refractivity contribution in [3.8, 4) is 5.75 Å². The van der Waals surface area contributed by atoms with Crippen LogP contribution in [0.4, 0.5) is 0 Å². The number of nitrogens with zero attached hydrogens (tertiary/aromatic N) is 2. The number of hydrogen-bond acceptors (Lipinski definition) is 6. The average Bonchev–Trinajstić information content (AvgIpc) is 2.90. The number of allylic oxidation sites excluding steroid dienone is 4. The van der Waals surface area contributed by atoms with E-state index in [1.807, 2.05) is 43.5 Å². The second-order valence-electron chi connectivity index (χ2n) is 8.30. The Hall–Kier alpha value is -3.55. The third kappa shape index (κ3) is 8.02. The number of nitrogens with one attached hydrogen (secondary N) is 3. The van der Waals surface area contributed by atoms with Gasteiger partial charge in [-0.2, -0.15) is 0 Å². The van der Waals surface area contributed by atoms with E-state index >= 15 is 0 Å². The summed E-state index contributed by atoms with van der Waals surface area (Å²) in [5.41, 5.74) is 3.36. The van der Waals surface area contributed by atoms with Gasteiger partial charge in [0.05, 0.1) is 11.1 Å². The van der Waals surface area contributed by atoms with Gasteiger partial charge >= 0.3 is 0 Å². The molecular weight excluding hydrogens is 438 g/mol. The van der Waals surface area contributed by atoms with Crippen molar-refractivity contribution in [2.24, 2.45) is 0 Å². The van der Waals surface area contributed by atoms with Crippen LogP contribution in [0.5, 0.6) is 5.75 Å². The van der Waals surface area contributed by atoms with E-state index in [0.29, 0.717) is 29.0 Å². The third-order valence-corrected chi connectivity index (χ3v) is 5.60. The number of H-pyrrole nitrogens is 1. The number of aromatic nitrogens is 3. The van der Waals surface area contributed by atoms with Crippen LogP contribution in [-0.2, 0) is 19.6 Å². The summed E-state index contributed by atoms with van der Waals surface area (Å²) in [4.78, 5) is 24.0. The topological polar surface area (TPSA) is 91.9 Å². The van der Waals surface area contributed by atoms with Crippen LogP contribution in [-0.4, -0.2) is 35.1 Å². The molecule has 184 valence electrons. The van der Waals surface area contributed by atoms with Crippen LogP contribution in [0.1, 0.15) is 36.3 Å². The van der Waals surface area contributed by atoms with E-state index < -0.39 is 0 Å². The minimum Gasteiger partial charge on any atom is -0.486 e. The lowest BCUT2D eigenvalue weighted by molar-refractivity contribution is 0.296. The summed E-state index contributed by atoms with van der Waals surface area (Å²) < 4.78 is 5.81. The Balaban J connectivity index is 0.000000497. The number of pyridine rings is 1. The molecule has 0 radical (unpaired) electrons. The lowest BCUT2D eigenvalue weighted by Crippen LogP contribution is -2.21. The van der Waals surface area contributed by atoms with Gasteiger partial charge in [-0.25, -0.2) is 4.98 Å². The van der Waals surface area contributed by atoms with E-state index in [1.54, 1.807) is 18.3 Å². The van der Waals surface area contributed by atoms with Gasteiger partial charge in [0.15, 0.2) is 0 Å². The van der Waals surface area contributed by atoms with Gasteiger partial charge in [-0.15, -0.1) is 0 Å². The zero-order chi connectivity index (χ0) is 24.9. The van der Waals surface area contributed by atoms with E-state index in [9.17, 15) is 4.79 Å². The Bertz CT molecular complexity index is 1180. The molecule has 7 nitrogen and oxygen atoms in total. The molecular formula is C28H35N5O2. The van der Waals surface area contributed by atoms with Crippen LogP contribution in [0.25, 0.3) is 10.9 Å². The maximum Gasteiger partial charge on any atom is 0.258 e. The Morgan fingerprint density at radius 1 is 1.14 bits per heavy atom. The Morgan fingerprint density at radius 2 is 1.91 bits per heavy atom. The highest BCUT2D eigenvalue weighted by Crippen LogP contribution is 2.17. The normalized spacial score (nSPS) is 13.6. The molecule has 1 fully saturated rings. The minimum atomic E-state index is -0.199. The standard InChI is InChI=1S/C23H24N4O2.C5H11N/c1-4-6-16(5-2)13-17-7-9-18(10-8-17)29-15-21-26-22-19(23(28)27-21)11-12-25-20(22)14-24-3;1-2-4-6-5-3-1/h4-12,24H,1-2,13-15H2,3H3,(H,26,27,28);6H,1-5H2/b16-6+;. The molecule has 0 saturated carbocycles. The van der Waals surface area contributed by atoms with Gasteiger partial charge in [0, 0.05) is 12.7 Å². The largest absolute Gasteiger partial charge is 0.486 e. The third-order valence-electron chi connectivity index (χ3n) is 5.60. The first-order chi connectivity index (χ1) is 17.1. The molecule has 4 rings (SSSR count). The summed E-state index contributed by atoms with van der Waals surface area (Å²) in [6, 6.07) is 9.47. The first-order valence-corrected chi connectivity index (χ1v) is 12.0. The lowest BCUT2D eigenvalue weighted by atomic mass is 10.0. The molecule has 0 amide bonds. The number of hydrogen-bond donors (Lipinski definition) is 3. The van der Waals surface area contributed by atoms with E-state index in [4.69, 9.17) is 4.74 Å². The molecule has 0 bridgehead atoms. The fourth-order valence-corrected chi connectivity index (χ4v) is 3.77. The maximum atomic E-state index is 12.4. The summed E-state index contributed by atoms with van der Waals surface area (Å²) in [6.07, 6.45) is 12.1. The summed E-state index contributed by atoms with van der Waals surface area (Å²) in [7, 11) is 1.83. The monoisotopic (exact) mass is 473 g/mol. The maximum absolute atomic E-state index is 12.4. The quantitative estimate of drug-likeness (QED) is 0.403. The molecule has 0 unspecified atom stereocenters. The predicted molar refractivity (Wildman–Crippen MR) is 143 cm³/mol. The van der Waals surface area contributed by atoms with Crippen LogP contribution in [0, 0.1) is 0 Å². The Kier molecular flexibility index (Phi) is 10.4. The van der Waals surface area contributed by atoms with Gasteiger partial charge in [0.1, 0.15) is 23.7 Å². The van der Waals surface area contributed by atoms with Crippen molar-refractivity contribution in [3.05, 3.63) is 101 Å². The SMILES string of the molecule is C1CCNCC1.C=C/C=C(\C=C)Cc1ccc(OCc2nc3c(CNC)nccc3c(=O)[nH]2)cc1. The molecule has 3 aromatic rings. The fourth-order valence-electron chi connectivity index (χ4n) is 3.77. The summed E-state index contributed by atoms with van der Waals surface area (Å²) in [5, 5.41) is 6.84. The van der Waals surface area contributed by atoms with Crippen LogP contribution in [0.2, 0.25) is 0 Å². The van der Waals surface area contributed by atoms with Gasteiger partial charge in [0.25, 0.3) is 5.56 Å². The Labute approximate surface area is 207 Å². The molecule has 0 aliphatic carbocycles. The Morgan fingerprint density at radius 3 is 2.51 bits per heavy atom. The predicted octanol–water partition coefficient (Wildman–Crippen LogP) is 4.22. The van der Waals surface area contributed by atoms with Gasteiger partial charge in [0.2, 0.25) is 0 Å². The second kappa shape index (κ2) is 14.0. The van der Waals surface area contributed by atoms with Crippen molar-refractivity contribution in [1.29, 1.82) is 0 Å². The number of ether oxygens (including phenoxy) is 1. The van der Waals surface area contributed by atoms with Crippen molar-refractivity contribution in [2.75, 3.05) is 20.1 Å². The highest BCUT2D eigenvalue weighted by atomic mass is 16.5. The highest BCUT2D eigenvalue weighted by molar-refractivity contribution is 5.79. The molecule has 1 aromatic carbocycles. The number of rotatable bonds is 9. The molecule has 1 saturated heterocycles. The molecule has 2 aromatic heterocycles. The van der Waals surface area contributed by atoms with Gasteiger partial charge < -0.3 is 20.4 Å². The van der Waals surface area contributed by atoms with Gasteiger partial charge in [-0.3, -0.25) is 9.78 Å². The van der Waals surface area contributed by atoms with Crippen LogP contribution >= 0.6 is 0 Å². The minimum absolute atomic E-state index is 0.159. The molecule has 3 N–H and O–H groups in total. The van der Waals surface area contributed by atoms with E-state index in [-0.39, 0.29) is 12.2 Å². The zero-order valence-corrected chi connectivity index (χ0v) is 20.5. The van der Waals surface area contributed by atoms with Gasteiger partial charge in [-0.05, 0) is 68.7 Å². The van der Waals surface area contributed by atoms with E-state index in [0.717, 1.165) is 23.3 Å². The molecule has 0 spiro atoms.